The fourth-order valence-electron chi connectivity index (χ4n) is 3.72. The molecule has 0 saturated carbocycles. The lowest BCUT2D eigenvalue weighted by Gasteiger charge is -2.41. The van der Waals surface area contributed by atoms with E-state index in [0.717, 1.165) is 40.8 Å². The highest BCUT2D eigenvalue weighted by Gasteiger charge is 2.28. The smallest absolute Gasteiger partial charge is 0.316 e. The molecule has 0 aromatic heterocycles. The van der Waals surface area contributed by atoms with Gasteiger partial charge in [-0.1, -0.05) is 25.1 Å². The molecule has 3 amide bonds. The van der Waals surface area contributed by atoms with Gasteiger partial charge in [0.1, 0.15) is 5.82 Å². The first kappa shape index (κ1) is 23.2. The second kappa shape index (κ2) is 10.7. The number of rotatable bonds is 6. The third-order valence-electron chi connectivity index (χ3n) is 5.32. The lowest BCUT2D eigenvalue weighted by Crippen LogP contribution is -2.54. The molecule has 2 aromatic carbocycles. The minimum absolute atomic E-state index is 0.0585. The van der Waals surface area contributed by atoms with E-state index in [1.54, 1.807) is 30.4 Å². The molecule has 1 heterocycles. The molecule has 8 heteroatoms. The van der Waals surface area contributed by atoms with Crippen molar-refractivity contribution in [2.75, 3.05) is 25.0 Å². The van der Waals surface area contributed by atoms with Crippen molar-refractivity contribution in [1.29, 1.82) is 0 Å². The van der Waals surface area contributed by atoms with Crippen LogP contribution in [0.15, 0.2) is 48.5 Å². The number of urea groups is 1. The van der Waals surface area contributed by atoms with Gasteiger partial charge >= 0.3 is 6.03 Å². The Hall–Kier alpha value is -2.46. The second-order valence-electron chi connectivity index (χ2n) is 7.51. The Morgan fingerprint density at radius 1 is 1.23 bits per heavy atom. The van der Waals surface area contributed by atoms with E-state index in [9.17, 15) is 14.0 Å². The molecule has 0 radical (unpaired) electrons. The van der Waals surface area contributed by atoms with Gasteiger partial charge in [0, 0.05) is 41.9 Å². The number of nitrogens with zero attached hydrogens (tertiary/aromatic N) is 2. The highest BCUT2D eigenvalue weighted by Crippen LogP contribution is 2.22. The lowest BCUT2D eigenvalue weighted by molar-refractivity contribution is -0.131. The maximum absolute atomic E-state index is 13.1. The van der Waals surface area contributed by atoms with Crippen molar-refractivity contribution in [3.63, 3.8) is 0 Å². The summed E-state index contributed by atoms with van der Waals surface area (Å²) in [5.41, 5.74) is 7.60. The first-order chi connectivity index (χ1) is 14.9. The highest BCUT2D eigenvalue weighted by molar-refractivity contribution is 14.1. The summed E-state index contributed by atoms with van der Waals surface area (Å²) in [7, 11) is 0. The van der Waals surface area contributed by atoms with Gasteiger partial charge in [0.2, 0.25) is 5.91 Å². The van der Waals surface area contributed by atoms with Crippen LogP contribution >= 0.6 is 22.6 Å². The first-order valence-electron chi connectivity index (χ1n) is 10.2. The third kappa shape index (κ3) is 6.51. The number of primary amides is 1. The van der Waals surface area contributed by atoms with Gasteiger partial charge < -0.3 is 16.0 Å². The SMILES string of the molecule is CC[C@@H]1CN(Cc2ccc(F)cc2)CCN1C(=O)/C=C/c1ccc(I)cc1NC(N)=O. The fraction of sp³-hybridized carbons (Fsp3) is 0.304. The zero-order chi connectivity index (χ0) is 22.4. The van der Waals surface area contributed by atoms with E-state index in [1.165, 1.54) is 12.1 Å². The van der Waals surface area contributed by atoms with Crippen molar-refractivity contribution >= 4 is 46.3 Å². The summed E-state index contributed by atoms with van der Waals surface area (Å²) >= 11 is 2.15. The minimum atomic E-state index is -0.647. The molecule has 1 saturated heterocycles. The Morgan fingerprint density at radius 3 is 2.65 bits per heavy atom. The third-order valence-corrected chi connectivity index (χ3v) is 5.99. The average molecular weight is 536 g/mol. The molecule has 3 rings (SSSR count). The van der Waals surface area contributed by atoms with Crippen molar-refractivity contribution < 1.29 is 14.0 Å². The summed E-state index contributed by atoms with van der Waals surface area (Å²) in [4.78, 5) is 28.4. The van der Waals surface area contributed by atoms with Gasteiger partial charge in [-0.2, -0.15) is 0 Å². The molecule has 0 unspecified atom stereocenters. The first-order valence-corrected chi connectivity index (χ1v) is 11.2. The quantitative estimate of drug-likeness (QED) is 0.432. The normalized spacial score (nSPS) is 17.1. The van der Waals surface area contributed by atoms with Crippen molar-refractivity contribution in [3.05, 3.63) is 69.1 Å². The molecular weight excluding hydrogens is 510 g/mol. The Morgan fingerprint density at radius 2 is 1.97 bits per heavy atom. The van der Waals surface area contributed by atoms with E-state index in [-0.39, 0.29) is 17.8 Å². The van der Waals surface area contributed by atoms with E-state index < -0.39 is 6.03 Å². The number of halogens is 2. The highest BCUT2D eigenvalue weighted by atomic mass is 127. The molecule has 3 N–H and O–H groups in total. The van der Waals surface area contributed by atoms with E-state index >= 15 is 0 Å². The van der Waals surface area contributed by atoms with Gasteiger partial charge in [-0.3, -0.25) is 9.69 Å². The van der Waals surface area contributed by atoms with Gasteiger partial charge in [0.15, 0.2) is 0 Å². The standard InChI is InChI=1S/C23H26FIN4O2/c1-2-20-15-28(14-16-3-7-18(24)8-4-16)11-12-29(20)22(30)10-6-17-5-9-19(25)13-21(17)27-23(26)31/h3-10,13,20H,2,11-12,14-15H2,1H3,(H3,26,27,31)/b10-6+/t20-/m1/s1. The number of nitrogens with one attached hydrogen (secondary N) is 1. The second-order valence-corrected chi connectivity index (χ2v) is 8.76. The molecule has 1 atom stereocenters. The van der Waals surface area contributed by atoms with Crippen LogP contribution in [-0.2, 0) is 11.3 Å². The number of hydrogen-bond acceptors (Lipinski definition) is 3. The van der Waals surface area contributed by atoms with Crippen LogP contribution in [0, 0.1) is 9.39 Å². The van der Waals surface area contributed by atoms with Gasteiger partial charge in [0.05, 0.1) is 5.69 Å². The predicted molar refractivity (Wildman–Crippen MR) is 129 cm³/mol. The topological polar surface area (TPSA) is 78.7 Å². The fourth-order valence-corrected chi connectivity index (χ4v) is 4.21. The number of amides is 3. The molecule has 1 fully saturated rings. The van der Waals surface area contributed by atoms with Crippen molar-refractivity contribution in [1.82, 2.24) is 9.80 Å². The number of anilines is 1. The van der Waals surface area contributed by atoms with Crippen molar-refractivity contribution in [2.45, 2.75) is 25.9 Å². The summed E-state index contributed by atoms with van der Waals surface area (Å²) in [5, 5.41) is 2.60. The van der Waals surface area contributed by atoms with E-state index in [2.05, 4.69) is 39.7 Å². The summed E-state index contributed by atoms with van der Waals surface area (Å²) in [5.74, 6) is -0.295. The molecule has 1 aliphatic rings. The van der Waals surface area contributed by atoms with Crippen LogP contribution in [0.3, 0.4) is 0 Å². The summed E-state index contributed by atoms with van der Waals surface area (Å²) in [6.07, 6.45) is 4.10. The average Bonchev–Trinajstić information content (AvgIpc) is 2.74. The molecule has 2 aromatic rings. The molecule has 0 bridgehead atoms. The zero-order valence-electron chi connectivity index (χ0n) is 17.4. The maximum atomic E-state index is 13.1. The maximum Gasteiger partial charge on any atom is 0.316 e. The van der Waals surface area contributed by atoms with E-state index in [4.69, 9.17) is 5.73 Å². The number of carbonyl (C=O) groups excluding carboxylic acids is 2. The Balaban J connectivity index is 1.65. The van der Waals surface area contributed by atoms with Gasteiger partial charge in [0.25, 0.3) is 0 Å². The Kier molecular flexibility index (Phi) is 8.03. The number of carbonyl (C=O) groups is 2. The van der Waals surface area contributed by atoms with Crippen LogP contribution in [0.1, 0.15) is 24.5 Å². The molecule has 6 nitrogen and oxygen atoms in total. The molecule has 0 aliphatic carbocycles. The van der Waals surface area contributed by atoms with Gasteiger partial charge in [-0.25, -0.2) is 9.18 Å². The van der Waals surface area contributed by atoms with Crippen LogP contribution in [-0.4, -0.2) is 47.4 Å². The number of hydrogen-bond donors (Lipinski definition) is 2. The number of piperazine rings is 1. The van der Waals surface area contributed by atoms with Crippen LogP contribution in [0.5, 0.6) is 0 Å². The molecule has 164 valence electrons. The Labute approximate surface area is 195 Å². The van der Waals surface area contributed by atoms with Gasteiger partial charge in [-0.15, -0.1) is 0 Å². The molecule has 0 spiro atoms. The number of nitrogens with two attached hydrogens (primary N) is 1. The van der Waals surface area contributed by atoms with Crippen molar-refractivity contribution in [2.24, 2.45) is 5.73 Å². The molecular formula is C23H26FIN4O2. The van der Waals surface area contributed by atoms with Crippen LogP contribution in [0.4, 0.5) is 14.9 Å². The van der Waals surface area contributed by atoms with Crippen LogP contribution < -0.4 is 11.1 Å². The summed E-state index contributed by atoms with van der Waals surface area (Å²) in [6.45, 7) is 4.96. The monoisotopic (exact) mass is 536 g/mol. The zero-order valence-corrected chi connectivity index (χ0v) is 19.5. The molecule has 1 aliphatic heterocycles. The summed E-state index contributed by atoms with van der Waals surface area (Å²) in [6, 6.07) is 11.6. The van der Waals surface area contributed by atoms with Crippen molar-refractivity contribution in [3.8, 4) is 0 Å². The lowest BCUT2D eigenvalue weighted by atomic mass is 10.1. The van der Waals surface area contributed by atoms with E-state index in [0.29, 0.717) is 12.2 Å². The minimum Gasteiger partial charge on any atom is -0.351 e. The van der Waals surface area contributed by atoms with Gasteiger partial charge in [-0.05, 0) is 70.5 Å². The Bertz CT molecular complexity index is 965. The largest absolute Gasteiger partial charge is 0.351 e. The molecule has 31 heavy (non-hydrogen) atoms. The summed E-state index contributed by atoms with van der Waals surface area (Å²) < 4.78 is 14.1. The number of benzene rings is 2. The van der Waals surface area contributed by atoms with Crippen LogP contribution in [0.2, 0.25) is 0 Å². The predicted octanol–water partition coefficient (Wildman–Crippen LogP) is 4.06. The van der Waals surface area contributed by atoms with E-state index in [1.807, 2.05) is 17.0 Å². The van der Waals surface area contributed by atoms with Crippen LogP contribution in [0.25, 0.3) is 6.08 Å².